The normalized spacial score (nSPS) is 16.3. The number of thiazole rings is 1. The molecule has 1 aliphatic heterocycles. The Bertz CT molecular complexity index is 858. The topological polar surface area (TPSA) is 48.5 Å². The first-order valence-electron chi connectivity index (χ1n) is 10.2. The minimum atomic E-state index is -0.303. The van der Waals surface area contributed by atoms with Gasteiger partial charge in [-0.25, -0.2) is 9.37 Å². The number of aromatic nitrogens is 1. The van der Waals surface area contributed by atoms with Crippen molar-refractivity contribution in [2.75, 3.05) is 38.1 Å². The van der Waals surface area contributed by atoms with E-state index in [2.05, 4.69) is 41.0 Å². The average molecular weight is 419 g/mol. The molecule has 3 rings (SSSR count). The quantitative estimate of drug-likeness (QED) is 0.769. The highest BCUT2D eigenvalue weighted by Gasteiger charge is 2.23. The lowest BCUT2D eigenvalue weighted by molar-refractivity contribution is 0.0943. The summed E-state index contributed by atoms with van der Waals surface area (Å²) in [5.74, 6) is 0.0667. The molecule has 1 N–H and O–H groups in total. The largest absolute Gasteiger partial charge is 0.369 e. The van der Waals surface area contributed by atoms with Crippen molar-refractivity contribution < 1.29 is 9.18 Å². The Labute approximate surface area is 176 Å². The lowest BCUT2D eigenvalue weighted by Crippen LogP contribution is -2.45. The van der Waals surface area contributed by atoms with Crippen LogP contribution in [0.4, 0.5) is 10.1 Å². The Morgan fingerprint density at radius 2 is 1.93 bits per heavy atom. The summed E-state index contributed by atoms with van der Waals surface area (Å²) in [5, 5.41) is 4.05. The van der Waals surface area contributed by atoms with Gasteiger partial charge in [0, 0.05) is 43.9 Å². The van der Waals surface area contributed by atoms with Crippen LogP contribution in [0, 0.1) is 18.7 Å². The Balaban J connectivity index is 1.78. The van der Waals surface area contributed by atoms with Crippen molar-refractivity contribution in [2.24, 2.45) is 5.92 Å². The van der Waals surface area contributed by atoms with Gasteiger partial charge < -0.3 is 15.1 Å². The van der Waals surface area contributed by atoms with Crippen LogP contribution in [0.3, 0.4) is 0 Å². The molecule has 158 valence electrons. The molecule has 1 amide bonds. The molecule has 1 aromatic carbocycles. The summed E-state index contributed by atoms with van der Waals surface area (Å²) in [6.45, 7) is 11.8. The van der Waals surface area contributed by atoms with Gasteiger partial charge in [0.15, 0.2) is 0 Å². The second kappa shape index (κ2) is 9.22. The number of carbonyl (C=O) groups is 1. The number of anilines is 1. The summed E-state index contributed by atoms with van der Waals surface area (Å²) >= 11 is 1.46. The van der Waals surface area contributed by atoms with Crippen LogP contribution in [0.2, 0.25) is 0 Å². The van der Waals surface area contributed by atoms with E-state index in [1.54, 1.807) is 6.07 Å². The van der Waals surface area contributed by atoms with Gasteiger partial charge in [-0.1, -0.05) is 13.8 Å². The average Bonchev–Trinajstić information content (AvgIpc) is 3.02. The second-order valence-corrected chi connectivity index (χ2v) is 9.39. The summed E-state index contributed by atoms with van der Waals surface area (Å²) in [5.41, 5.74) is 2.56. The van der Waals surface area contributed by atoms with E-state index < -0.39 is 0 Å². The van der Waals surface area contributed by atoms with Crippen molar-refractivity contribution in [1.82, 2.24) is 15.2 Å². The van der Waals surface area contributed by atoms with Gasteiger partial charge in [-0.2, -0.15) is 0 Å². The van der Waals surface area contributed by atoms with Crippen LogP contribution in [0.25, 0.3) is 0 Å². The maximum Gasteiger partial charge on any atom is 0.263 e. The van der Waals surface area contributed by atoms with Crippen molar-refractivity contribution >= 4 is 22.9 Å². The molecule has 1 saturated heterocycles. The predicted molar refractivity (Wildman–Crippen MR) is 117 cm³/mol. The number of carbonyl (C=O) groups excluding carboxylic acids is 1. The molecule has 0 spiro atoms. The highest BCUT2D eigenvalue weighted by molar-refractivity contribution is 7.13. The smallest absolute Gasteiger partial charge is 0.263 e. The first-order valence-corrected chi connectivity index (χ1v) is 11.1. The molecule has 1 fully saturated rings. The van der Waals surface area contributed by atoms with Gasteiger partial charge in [-0.05, 0) is 45.0 Å². The van der Waals surface area contributed by atoms with E-state index in [1.165, 1.54) is 17.4 Å². The lowest BCUT2D eigenvalue weighted by atomic mass is 10.0. The molecule has 1 aliphatic rings. The number of nitrogens with zero attached hydrogens (tertiary/aromatic N) is 3. The van der Waals surface area contributed by atoms with Crippen LogP contribution in [0.5, 0.6) is 0 Å². The summed E-state index contributed by atoms with van der Waals surface area (Å²) in [6.07, 6.45) is 0.867. The summed E-state index contributed by atoms with van der Waals surface area (Å²) in [7, 11) is 2.11. The third kappa shape index (κ3) is 5.34. The molecule has 2 aromatic rings. The van der Waals surface area contributed by atoms with Crippen molar-refractivity contribution in [3.05, 3.63) is 45.2 Å². The van der Waals surface area contributed by atoms with Crippen molar-refractivity contribution in [3.63, 3.8) is 0 Å². The number of halogens is 1. The van der Waals surface area contributed by atoms with Crippen LogP contribution >= 0.6 is 11.3 Å². The molecule has 1 atom stereocenters. The van der Waals surface area contributed by atoms with E-state index in [0.29, 0.717) is 10.8 Å². The standard InChI is InChI=1S/C22H31FN4OS/c1-14(2)12-20-24-16(4)21(29-20)22(28)25-15(3)18-13-17(23)6-7-19(18)27-10-8-26(5)9-11-27/h6-7,13-15H,8-12H2,1-5H3,(H,25,28). The van der Waals surface area contributed by atoms with Gasteiger partial charge in [-0.15, -0.1) is 11.3 Å². The molecule has 5 nitrogen and oxygen atoms in total. The number of benzene rings is 1. The first kappa shape index (κ1) is 21.7. The van der Waals surface area contributed by atoms with Gasteiger partial charge >= 0.3 is 0 Å². The molecule has 7 heteroatoms. The molecule has 0 radical (unpaired) electrons. The number of amides is 1. The van der Waals surface area contributed by atoms with Crippen LogP contribution in [0.1, 0.15) is 52.7 Å². The number of aryl methyl sites for hydroxylation is 1. The third-order valence-corrected chi connectivity index (χ3v) is 6.46. The minimum Gasteiger partial charge on any atom is -0.369 e. The van der Waals surface area contributed by atoms with Gasteiger partial charge in [0.1, 0.15) is 10.7 Å². The van der Waals surface area contributed by atoms with E-state index in [4.69, 9.17) is 0 Å². The fourth-order valence-corrected chi connectivity index (χ4v) is 4.83. The Hall–Kier alpha value is -1.99. The predicted octanol–water partition coefficient (Wildman–Crippen LogP) is 4.03. The number of hydrogen-bond donors (Lipinski definition) is 1. The zero-order chi connectivity index (χ0) is 21.1. The number of likely N-dealkylation sites (N-methyl/N-ethyl adjacent to an activating group) is 1. The molecular formula is C22H31FN4OS. The Kier molecular flexibility index (Phi) is 6.90. The van der Waals surface area contributed by atoms with Crippen molar-refractivity contribution in [3.8, 4) is 0 Å². The third-order valence-electron chi connectivity index (χ3n) is 5.28. The van der Waals surface area contributed by atoms with Crippen LogP contribution in [-0.4, -0.2) is 49.0 Å². The van der Waals surface area contributed by atoms with Crippen LogP contribution < -0.4 is 10.2 Å². The number of hydrogen-bond acceptors (Lipinski definition) is 5. The van der Waals surface area contributed by atoms with Crippen LogP contribution in [-0.2, 0) is 6.42 Å². The van der Waals surface area contributed by atoms with E-state index in [9.17, 15) is 9.18 Å². The molecule has 0 bridgehead atoms. The maximum atomic E-state index is 14.0. The number of piperazine rings is 1. The number of nitrogens with one attached hydrogen (secondary N) is 1. The highest BCUT2D eigenvalue weighted by atomic mass is 32.1. The SMILES string of the molecule is Cc1nc(CC(C)C)sc1C(=O)NC(C)c1cc(F)ccc1N1CCN(C)CC1. The molecule has 0 saturated carbocycles. The lowest BCUT2D eigenvalue weighted by Gasteiger charge is -2.36. The zero-order valence-corrected chi connectivity index (χ0v) is 18.8. The maximum absolute atomic E-state index is 14.0. The monoisotopic (exact) mass is 418 g/mol. The van der Waals surface area contributed by atoms with Gasteiger partial charge in [0.25, 0.3) is 5.91 Å². The summed E-state index contributed by atoms with van der Waals surface area (Å²) in [4.78, 5) is 22.7. The van der Waals surface area contributed by atoms with E-state index in [-0.39, 0.29) is 17.8 Å². The van der Waals surface area contributed by atoms with Gasteiger partial charge in [-0.3, -0.25) is 4.79 Å². The van der Waals surface area contributed by atoms with Crippen molar-refractivity contribution in [2.45, 2.75) is 40.2 Å². The second-order valence-electron chi connectivity index (χ2n) is 8.31. The molecule has 0 aliphatic carbocycles. The fourth-order valence-electron chi connectivity index (χ4n) is 3.65. The van der Waals surface area contributed by atoms with E-state index in [1.807, 2.05) is 19.9 Å². The fraction of sp³-hybridized carbons (Fsp3) is 0.545. The van der Waals surface area contributed by atoms with Crippen molar-refractivity contribution in [1.29, 1.82) is 0 Å². The molecule has 1 aromatic heterocycles. The molecule has 29 heavy (non-hydrogen) atoms. The minimum absolute atomic E-state index is 0.143. The highest BCUT2D eigenvalue weighted by Crippen LogP contribution is 2.29. The van der Waals surface area contributed by atoms with E-state index >= 15 is 0 Å². The van der Waals surface area contributed by atoms with Crippen LogP contribution in [0.15, 0.2) is 18.2 Å². The Morgan fingerprint density at radius 3 is 2.59 bits per heavy atom. The molecule has 1 unspecified atom stereocenters. The Morgan fingerprint density at radius 1 is 1.24 bits per heavy atom. The zero-order valence-electron chi connectivity index (χ0n) is 18.0. The first-order chi connectivity index (χ1) is 13.7. The molecular weight excluding hydrogens is 387 g/mol. The summed E-state index contributed by atoms with van der Waals surface area (Å²) in [6, 6.07) is 4.57. The number of rotatable bonds is 6. The van der Waals surface area contributed by atoms with Gasteiger partial charge in [0.2, 0.25) is 0 Å². The van der Waals surface area contributed by atoms with Gasteiger partial charge in [0.05, 0.1) is 16.7 Å². The van der Waals surface area contributed by atoms with E-state index in [0.717, 1.165) is 54.6 Å². The molecule has 2 heterocycles. The summed E-state index contributed by atoms with van der Waals surface area (Å²) < 4.78 is 14.0.